The topological polar surface area (TPSA) is 105 Å². The molecule has 8 nitrogen and oxygen atoms in total. The van der Waals surface area contributed by atoms with Crippen LogP contribution in [0.4, 0.5) is 11.6 Å². The second-order valence-corrected chi connectivity index (χ2v) is 13.7. The van der Waals surface area contributed by atoms with Gasteiger partial charge >= 0.3 is 0 Å². The minimum atomic E-state index is -2.89. The van der Waals surface area contributed by atoms with E-state index in [-0.39, 0.29) is 16.9 Å². The van der Waals surface area contributed by atoms with Gasteiger partial charge in [0.15, 0.2) is 0 Å². The molecule has 1 saturated heterocycles. The van der Waals surface area contributed by atoms with Crippen molar-refractivity contribution in [3.63, 3.8) is 0 Å². The van der Waals surface area contributed by atoms with Crippen LogP contribution in [-0.2, 0) is 14.6 Å². The molecule has 2 aliphatic rings. The number of pyridine rings is 2. The van der Waals surface area contributed by atoms with Crippen molar-refractivity contribution in [3.8, 4) is 11.3 Å². The third kappa shape index (κ3) is 8.02. The molecule has 37 heavy (non-hydrogen) atoms. The largest absolute Gasteiger partial charge is 0.383 e. The Kier molecular flexibility index (Phi) is 9.32. The molecule has 204 valence electrons. The molecule has 10 heteroatoms. The van der Waals surface area contributed by atoms with Crippen LogP contribution in [0.15, 0.2) is 30.5 Å². The van der Waals surface area contributed by atoms with Crippen LogP contribution in [0.2, 0.25) is 5.02 Å². The van der Waals surface area contributed by atoms with Crippen molar-refractivity contribution < 1.29 is 13.2 Å². The van der Waals surface area contributed by atoms with Crippen molar-refractivity contribution in [2.45, 2.75) is 70.5 Å². The Hall–Kier alpha value is -1.94. The maximum atomic E-state index is 11.8. The van der Waals surface area contributed by atoms with Crippen LogP contribution >= 0.6 is 11.6 Å². The number of sulfone groups is 1. The van der Waals surface area contributed by atoms with Gasteiger partial charge in [-0.1, -0.05) is 24.6 Å². The predicted octanol–water partition coefficient (Wildman–Crippen LogP) is 4.77. The molecule has 2 fully saturated rings. The Morgan fingerprint density at radius 1 is 1.14 bits per heavy atom. The summed E-state index contributed by atoms with van der Waals surface area (Å²) in [7, 11) is -1.15. The minimum Gasteiger partial charge on any atom is -0.383 e. The lowest BCUT2D eigenvalue weighted by Gasteiger charge is -2.33. The van der Waals surface area contributed by atoms with Crippen molar-refractivity contribution in [1.82, 2.24) is 15.3 Å². The van der Waals surface area contributed by atoms with Crippen molar-refractivity contribution in [3.05, 3.63) is 35.5 Å². The highest BCUT2D eigenvalue weighted by molar-refractivity contribution is 7.91. The molecular formula is C27H40ClN5O3S. The molecule has 0 unspecified atom stereocenters. The van der Waals surface area contributed by atoms with Crippen LogP contribution in [0.5, 0.6) is 0 Å². The Morgan fingerprint density at radius 3 is 2.54 bits per heavy atom. The molecule has 0 radical (unpaired) electrons. The third-order valence-corrected chi connectivity index (χ3v) is 9.58. The Balaban J connectivity index is 1.36. The van der Waals surface area contributed by atoms with Crippen LogP contribution < -0.4 is 16.0 Å². The maximum Gasteiger partial charge on any atom is 0.150 e. The molecule has 1 saturated carbocycles. The van der Waals surface area contributed by atoms with Crippen LogP contribution in [0.1, 0.15) is 52.4 Å². The zero-order valence-electron chi connectivity index (χ0n) is 22.1. The van der Waals surface area contributed by atoms with E-state index in [1.165, 1.54) is 0 Å². The summed E-state index contributed by atoms with van der Waals surface area (Å²) in [5.41, 5.74) is 1.54. The van der Waals surface area contributed by atoms with Gasteiger partial charge in [0.2, 0.25) is 0 Å². The molecule has 2 aromatic heterocycles. The highest BCUT2D eigenvalue weighted by Gasteiger charge is 2.33. The molecule has 1 aliphatic heterocycles. The van der Waals surface area contributed by atoms with Crippen molar-refractivity contribution in [2.75, 3.05) is 42.4 Å². The van der Waals surface area contributed by atoms with Gasteiger partial charge in [0.25, 0.3) is 0 Å². The van der Waals surface area contributed by atoms with Gasteiger partial charge in [-0.2, -0.15) is 0 Å². The summed E-state index contributed by atoms with van der Waals surface area (Å²) in [5, 5.41) is 11.2. The van der Waals surface area contributed by atoms with Crippen LogP contribution in [0, 0.1) is 5.41 Å². The van der Waals surface area contributed by atoms with Gasteiger partial charge in [0, 0.05) is 43.5 Å². The number of methoxy groups -OCH3 is 1. The highest BCUT2D eigenvalue weighted by atomic mass is 35.5. The quantitative estimate of drug-likeness (QED) is 0.389. The number of rotatable bonds is 10. The lowest BCUT2D eigenvalue weighted by Crippen LogP contribution is -2.42. The average molecular weight is 550 g/mol. The summed E-state index contributed by atoms with van der Waals surface area (Å²) in [4.78, 5) is 9.32. The number of hydrogen-bond acceptors (Lipinski definition) is 8. The molecule has 1 atom stereocenters. The van der Waals surface area contributed by atoms with Gasteiger partial charge in [0.1, 0.15) is 21.5 Å². The number of anilines is 2. The second kappa shape index (κ2) is 12.3. The molecular weight excluding hydrogens is 510 g/mol. The van der Waals surface area contributed by atoms with Crippen LogP contribution in [0.25, 0.3) is 11.3 Å². The van der Waals surface area contributed by atoms with E-state index in [0.29, 0.717) is 42.5 Å². The first-order chi connectivity index (χ1) is 17.6. The summed E-state index contributed by atoms with van der Waals surface area (Å²) < 4.78 is 28.9. The number of ether oxygens (including phenoxy) is 1. The van der Waals surface area contributed by atoms with E-state index in [2.05, 4.69) is 34.8 Å². The zero-order valence-corrected chi connectivity index (χ0v) is 23.7. The van der Waals surface area contributed by atoms with Crippen LogP contribution in [-0.4, -0.2) is 68.3 Å². The maximum absolute atomic E-state index is 11.8. The van der Waals surface area contributed by atoms with E-state index >= 15 is 0 Å². The molecule has 0 aromatic carbocycles. The van der Waals surface area contributed by atoms with E-state index in [4.69, 9.17) is 21.3 Å². The first-order valence-corrected chi connectivity index (χ1v) is 15.4. The fourth-order valence-electron chi connectivity index (χ4n) is 5.22. The molecule has 0 amide bonds. The second-order valence-electron chi connectivity index (χ2n) is 11.0. The van der Waals surface area contributed by atoms with Gasteiger partial charge in [0.05, 0.1) is 28.8 Å². The molecule has 0 bridgehead atoms. The fraction of sp³-hybridized carbons (Fsp3) is 0.630. The van der Waals surface area contributed by atoms with Gasteiger partial charge in [-0.3, -0.25) is 0 Å². The smallest absolute Gasteiger partial charge is 0.150 e. The summed E-state index contributed by atoms with van der Waals surface area (Å²) in [6.45, 7) is 5.70. The summed E-state index contributed by atoms with van der Waals surface area (Å²) >= 11 is 6.54. The minimum absolute atomic E-state index is 0.0647. The first-order valence-electron chi connectivity index (χ1n) is 13.2. The molecule has 2 aromatic rings. The predicted molar refractivity (Wildman–Crippen MR) is 151 cm³/mol. The Morgan fingerprint density at radius 2 is 1.84 bits per heavy atom. The highest BCUT2D eigenvalue weighted by Crippen LogP contribution is 2.33. The number of aromatic nitrogens is 2. The third-order valence-electron chi connectivity index (χ3n) is 7.63. The number of nitrogens with one attached hydrogen (secondary N) is 3. The van der Waals surface area contributed by atoms with E-state index in [1.54, 1.807) is 13.3 Å². The fourth-order valence-corrected chi connectivity index (χ4v) is 7.23. The van der Waals surface area contributed by atoms with Crippen molar-refractivity contribution in [1.29, 1.82) is 0 Å². The van der Waals surface area contributed by atoms with E-state index in [0.717, 1.165) is 55.2 Å². The first kappa shape index (κ1) is 28.1. The molecule has 1 aliphatic carbocycles. The monoisotopic (exact) mass is 549 g/mol. The van der Waals surface area contributed by atoms with E-state index < -0.39 is 9.84 Å². The van der Waals surface area contributed by atoms with Gasteiger partial charge in [-0.05, 0) is 69.1 Å². The van der Waals surface area contributed by atoms with Crippen molar-refractivity contribution >= 4 is 33.1 Å². The SMILES string of the molecule is COC[C@@H](C)N[C@H]1CC[C@H](Nc2cc(-c3cccc(NCC4(C)CCS(=O)(=O)CC4)n3)c(Cl)cn2)CC1. The summed E-state index contributed by atoms with van der Waals surface area (Å²) in [6.07, 6.45) is 7.40. The standard InChI is InChI=1S/C27H40ClN5O3S/c1-19(17-36-3)31-20-7-9-21(10-8-20)32-26-15-22(23(28)16-29-26)24-5-4-6-25(33-24)30-18-27(2)11-13-37(34,35)14-12-27/h4-6,15-16,19-21,31H,7-14,17-18H2,1-3H3,(H,29,32)(H,30,33)/t19-,20-,21-/m1/s1. The Bertz CT molecular complexity index is 1140. The zero-order chi connectivity index (χ0) is 26.5. The van der Waals surface area contributed by atoms with Gasteiger partial charge in [-0.25, -0.2) is 18.4 Å². The van der Waals surface area contributed by atoms with Crippen molar-refractivity contribution in [2.24, 2.45) is 5.41 Å². The number of halogens is 1. The van der Waals surface area contributed by atoms with Gasteiger partial charge in [-0.15, -0.1) is 0 Å². The van der Waals surface area contributed by atoms with Crippen LogP contribution in [0.3, 0.4) is 0 Å². The number of hydrogen-bond donors (Lipinski definition) is 3. The normalized spacial score (nSPS) is 23.8. The Labute approximate surface area is 226 Å². The van der Waals surface area contributed by atoms with Gasteiger partial charge < -0.3 is 20.7 Å². The summed E-state index contributed by atoms with van der Waals surface area (Å²) in [5.74, 6) is 2.07. The lowest BCUT2D eigenvalue weighted by molar-refractivity contribution is 0.161. The average Bonchev–Trinajstić information content (AvgIpc) is 2.88. The lowest BCUT2D eigenvalue weighted by atomic mass is 9.84. The van der Waals surface area contributed by atoms with E-state index in [9.17, 15) is 8.42 Å². The molecule has 4 rings (SSSR count). The summed E-state index contributed by atoms with van der Waals surface area (Å²) in [6, 6.07) is 9.08. The molecule has 0 spiro atoms. The van der Waals surface area contributed by atoms with E-state index in [1.807, 2.05) is 24.3 Å². The molecule has 3 heterocycles. The molecule has 3 N–H and O–H groups in total. The number of nitrogens with zero attached hydrogens (tertiary/aromatic N) is 2.